The van der Waals surface area contributed by atoms with Crippen LogP contribution in [0, 0.1) is 5.92 Å². The molecule has 0 aromatic rings. The number of carboxylic acid groups (broad SMARTS) is 1. The van der Waals surface area contributed by atoms with E-state index < -0.39 is 77.9 Å². The number of amides is 1. The summed E-state index contributed by atoms with van der Waals surface area (Å²) in [4.78, 5) is 21.4. The lowest BCUT2D eigenvalue weighted by atomic mass is 9.93. The van der Waals surface area contributed by atoms with Crippen molar-refractivity contribution in [1.29, 1.82) is 0 Å². The summed E-state index contributed by atoms with van der Waals surface area (Å²) < 4.78 is 168. The van der Waals surface area contributed by atoms with E-state index in [1.54, 1.807) is 0 Å². The van der Waals surface area contributed by atoms with Crippen molar-refractivity contribution in [3.8, 4) is 0 Å². The third kappa shape index (κ3) is 5.60. The number of carbonyl (C=O) groups is 2. The second-order valence-electron chi connectivity index (χ2n) is 6.02. The molecule has 0 radical (unpaired) electrons. The number of aliphatic carboxylic acids is 1. The van der Waals surface area contributed by atoms with Crippen molar-refractivity contribution in [3.05, 3.63) is 0 Å². The fourth-order valence-corrected chi connectivity index (χ4v) is 2.97. The van der Waals surface area contributed by atoms with Crippen LogP contribution < -0.4 is 5.73 Å². The van der Waals surface area contributed by atoms with Crippen LogP contribution in [0.2, 0.25) is 0 Å². The van der Waals surface area contributed by atoms with Gasteiger partial charge in [-0.1, -0.05) is 0 Å². The lowest BCUT2D eigenvalue weighted by Crippen LogP contribution is -2.70. The molecule has 184 valence electrons. The number of carboxylic acids is 1. The van der Waals surface area contributed by atoms with Gasteiger partial charge >= 0.3 is 41.8 Å². The SMILES string of the molecule is NC(=O)C(CSCCC(F)(F)C(F)(F)C(F)(F)C(F)(F)C(F)(F)C(F)(F)F)CC(=O)O. The number of hydrogen-bond donors (Lipinski definition) is 2. The van der Waals surface area contributed by atoms with E-state index in [4.69, 9.17) is 10.8 Å². The summed E-state index contributed by atoms with van der Waals surface area (Å²) in [6.07, 6.45) is -10.9. The summed E-state index contributed by atoms with van der Waals surface area (Å²) in [7, 11) is 0. The van der Waals surface area contributed by atoms with E-state index in [2.05, 4.69) is 0 Å². The average Bonchev–Trinajstić information content (AvgIpc) is 2.55. The lowest BCUT2D eigenvalue weighted by Gasteiger charge is -2.39. The molecule has 3 N–H and O–H groups in total. The summed E-state index contributed by atoms with van der Waals surface area (Å²) in [5.74, 6) is -43.7. The monoisotopic (exact) mass is 509 g/mol. The van der Waals surface area contributed by atoms with Gasteiger partial charge in [-0.05, 0) is 5.75 Å². The Morgan fingerprint density at radius 1 is 0.774 bits per heavy atom. The minimum Gasteiger partial charge on any atom is -0.481 e. The highest BCUT2D eigenvalue weighted by atomic mass is 32.2. The fraction of sp³-hybridized carbons (Fsp3) is 0.846. The Bertz CT molecular complexity index is 666. The van der Waals surface area contributed by atoms with E-state index in [0.29, 0.717) is 0 Å². The first-order chi connectivity index (χ1) is 13.5. The minimum absolute atomic E-state index is 0.0645. The molecule has 0 spiro atoms. The lowest BCUT2D eigenvalue weighted by molar-refractivity contribution is -0.439. The summed E-state index contributed by atoms with van der Waals surface area (Å²) >= 11 is 0.0645. The number of primary amides is 1. The molecule has 0 bridgehead atoms. The molecule has 1 atom stereocenters. The summed E-state index contributed by atoms with van der Waals surface area (Å²) in [6.45, 7) is 0. The van der Waals surface area contributed by atoms with Gasteiger partial charge in [-0.25, -0.2) is 0 Å². The second kappa shape index (κ2) is 9.09. The Labute approximate surface area is 168 Å². The molecule has 1 amide bonds. The number of carbonyl (C=O) groups excluding carboxylic acids is 1. The Morgan fingerprint density at radius 3 is 1.55 bits per heavy atom. The Kier molecular flexibility index (Phi) is 8.61. The molecule has 0 aliphatic heterocycles. The van der Waals surface area contributed by atoms with Gasteiger partial charge in [0.2, 0.25) is 5.91 Å². The van der Waals surface area contributed by atoms with Crippen molar-refractivity contribution in [2.24, 2.45) is 11.7 Å². The van der Waals surface area contributed by atoms with Gasteiger partial charge in [0, 0.05) is 12.2 Å². The number of hydrogen-bond acceptors (Lipinski definition) is 3. The highest BCUT2D eigenvalue weighted by Crippen LogP contribution is 2.60. The molecule has 0 heterocycles. The van der Waals surface area contributed by atoms with Crippen LogP contribution in [0.15, 0.2) is 0 Å². The third-order valence-electron chi connectivity index (χ3n) is 3.70. The van der Waals surface area contributed by atoms with Gasteiger partial charge in [-0.3, -0.25) is 9.59 Å². The van der Waals surface area contributed by atoms with Crippen LogP contribution in [0.4, 0.5) is 57.1 Å². The zero-order valence-electron chi connectivity index (χ0n) is 14.6. The zero-order chi connectivity index (χ0) is 25.3. The number of alkyl halides is 13. The quantitative estimate of drug-likeness (QED) is 0.302. The van der Waals surface area contributed by atoms with Crippen LogP contribution in [-0.4, -0.2) is 64.3 Å². The zero-order valence-corrected chi connectivity index (χ0v) is 15.4. The molecular weight excluding hydrogens is 497 g/mol. The van der Waals surface area contributed by atoms with Gasteiger partial charge in [0.1, 0.15) is 0 Å². The minimum atomic E-state index is -7.96. The van der Waals surface area contributed by atoms with E-state index in [9.17, 15) is 66.7 Å². The molecule has 4 nitrogen and oxygen atoms in total. The first kappa shape index (κ1) is 29.4. The van der Waals surface area contributed by atoms with Gasteiger partial charge in [0.25, 0.3) is 0 Å². The first-order valence-corrected chi connectivity index (χ1v) is 8.67. The molecule has 0 rings (SSSR count). The van der Waals surface area contributed by atoms with Gasteiger partial charge in [0.15, 0.2) is 0 Å². The third-order valence-corrected chi connectivity index (χ3v) is 4.83. The maximum Gasteiger partial charge on any atom is 0.460 e. The molecule has 0 saturated heterocycles. The van der Waals surface area contributed by atoms with E-state index in [-0.39, 0.29) is 11.8 Å². The number of halogens is 13. The maximum atomic E-state index is 13.5. The van der Waals surface area contributed by atoms with E-state index in [1.165, 1.54) is 0 Å². The van der Waals surface area contributed by atoms with Crippen LogP contribution in [0.1, 0.15) is 12.8 Å². The Morgan fingerprint density at radius 2 is 1.19 bits per heavy atom. The molecule has 0 saturated carbocycles. The van der Waals surface area contributed by atoms with E-state index in [0.717, 1.165) is 0 Å². The normalized spacial score (nSPS) is 15.6. The van der Waals surface area contributed by atoms with Crippen molar-refractivity contribution in [1.82, 2.24) is 0 Å². The molecule has 18 heteroatoms. The molecule has 0 aromatic heterocycles. The molecule has 0 aliphatic rings. The largest absolute Gasteiger partial charge is 0.481 e. The highest BCUT2D eigenvalue weighted by molar-refractivity contribution is 7.99. The van der Waals surface area contributed by atoms with Gasteiger partial charge < -0.3 is 10.8 Å². The standard InChI is InChI=1S/C13H12F13NO3S/c14-8(15,1-2-31-4-5(7(27)30)3-6(28)29)9(16,17)10(18,19)11(20,21)12(22,23)13(24,25)26/h5H,1-4H2,(H2,27,30)(H,28,29). The molecule has 1 unspecified atom stereocenters. The second-order valence-corrected chi connectivity index (χ2v) is 7.17. The van der Waals surface area contributed by atoms with Crippen molar-refractivity contribution >= 4 is 23.6 Å². The fourth-order valence-electron chi connectivity index (χ4n) is 1.84. The molecular formula is C13H12F13NO3S. The van der Waals surface area contributed by atoms with Gasteiger partial charge in [-0.2, -0.15) is 68.8 Å². The van der Waals surface area contributed by atoms with Gasteiger partial charge in [0.05, 0.1) is 12.3 Å². The number of nitrogens with two attached hydrogens (primary N) is 1. The number of thioether (sulfide) groups is 1. The van der Waals surface area contributed by atoms with Crippen LogP contribution in [0.3, 0.4) is 0 Å². The molecule has 0 aliphatic carbocycles. The Hall–Kier alpha value is -1.62. The predicted molar refractivity (Wildman–Crippen MR) is 77.7 cm³/mol. The van der Waals surface area contributed by atoms with Crippen molar-refractivity contribution in [2.75, 3.05) is 11.5 Å². The summed E-state index contributed by atoms with van der Waals surface area (Å²) in [5, 5.41) is 8.48. The highest BCUT2D eigenvalue weighted by Gasteiger charge is 2.90. The van der Waals surface area contributed by atoms with E-state index in [1.807, 2.05) is 0 Å². The summed E-state index contributed by atoms with van der Waals surface area (Å²) in [5.41, 5.74) is 4.77. The van der Waals surface area contributed by atoms with Crippen LogP contribution >= 0.6 is 11.8 Å². The van der Waals surface area contributed by atoms with E-state index >= 15 is 0 Å². The molecule has 31 heavy (non-hydrogen) atoms. The summed E-state index contributed by atoms with van der Waals surface area (Å²) in [6, 6.07) is 0. The van der Waals surface area contributed by atoms with Crippen molar-refractivity contribution in [2.45, 2.75) is 48.6 Å². The van der Waals surface area contributed by atoms with Crippen LogP contribution in [0.5, 0.6) is 0 Å². The topological polar surface area (TPSA) is 80.4 Å². The van der Waals surface area contributed by atoms with Gasteiger partial charge in [-0.15, -0.1) is 0 Å². The number of rotatable bonds is 12. The van der Waals surface area contributed by atoms with Crippen LogP contribution in [-0.2, 0) is 9.59 Å². The van der Waals surface area contributed by atoms with Crippen molar-refractivity contribution < 1.29 is 71.8 Å². The maximum absolute atomic E-state index is 13.5. The van der Waals surface area contributed by atoms with Crippen molar-refractivity contribution in [3.63, 3.8) is 0 Å². The van der Waals surface area contributed by atoms with Crippen LogP contribution in [0.25, 0.3) is 0 Å². The molecule has 0 aromatic carbocycles. The predicted octanol–water partition coefficient (Wildman–Crippen LogP) is 4.42. The first-order valence-electron chi connectivity index (χ1n) is 7.52. The average molecular weight is 509 g/mol. The Balaban J connectivity index is 5.54. The smallest absolute Gasteiger partial charge is 0.460 e. The molecule has 0 fully saturated rings.